The fraction of sp³-hybridized carbons (Fsp3) is 0.286. The van der Waals surface area contributed by atoms with Gasteiger partial charge in [0.05, 0.1) is 17.6 Å². The third kappa shape index (κ3) is 2.81. The van der Waals surface area contributed by atoms with Gasteiger partial charge in [-0.25, -0.2) is 9.97 Å². The highest BCUT2D eigenvalue weighted by atomic mass is 14.9. The van der Waals surface area contributed by atoms with Crippen molar-refractivity contribution in [3.05, 3.63) is 53.6 Å². The molecule has 0 amide bonds. The lowest BCUT2D eigenvalue weighted by Crippen LogP contribution is -2.06. The maximum absolute atomic E-state index is 5.86. The SMILES string of the molecule is CC(C)c1nc(Cc2ccccc2)ncc1N. The third-order valence-electron chi connectivity index (χ3n) is 2.65. The van der Waals surface area contributed by atoms with Gasteiger partial charge in [-0.2, -0.15) is 0 Å². The molecule has 1 aromatic heterocycles. The zero-order chi connectivity index (χ0) is 12.3. The van der Waals surface area contributed by atoms with Crippen LogP contribution in [0.3, 0.4) is 0 Å². The molecule has 0 aliphatic heterocycles. The minimum atomic E-state index is 0.326. The molecule has 2 aromatic rings. The number of nitrogens with two attached hydrogens (primary N) is 1. The van der Waals surface area contributed by atoms with E-state index in [0.717, 1.165) is 17.9 Å². The second-order valence-electron chi connectivity index (χ2n) is 4.44. The number of benzene rings is 1. The van der Waals surface area contributed by atoms with Crippen LogP contribution < -0.4 is 5.73 Å². The molecular formula is C14H17N3. The molecule has 2 rings (SSSR count). The lowest BCUT2D eigenvalue weighted by molar-refractivity contribution is 0.796. The van der Waals surface area contributed by atoms with Crippen LogP contribution >= 0.6 is 0 Å². The van der Waals surface area contributed by atoms with Crippen molar-refractivity contribution in [1.29, 1.82) is 0 Å². The average Bonchev–Trinajstić information content (AvgIpc) is 2.32. The fourth-order valence-corrected chi connectivity index (χ4v) is 1.77. The Morgan fingerprint density at radius 2 is 1.88 bits per heavy atom. The van der Waals surface area contributed by atoms with E-state index in [1.54, 1.807) is 6.20 Å². The molecule has 3 nitrogen and oxygen atoms in total. The summed E-state index contributed by atoms with van der Waals surface area (Å²) >= 11 is 0. The van der Waals surface area contributed by atoms with Gasteiger partial charge in [0.2, 0.25) is 0 Å². The van der Waals surface area contributed by atoms with Gasteiger partial charge >= 0.3 is 0 Å². The molecule has 88 valence electrons. The Labute approximate surface area is 102 Å². The predicted molar refractivity (Wildman–Crippen MR) is 69.8 cm³/mol. The van der Waals surface area contributed by atoms with Crippen LogP contribution in [0.5, 0.6) is 0 Å². The van der Waals surface area contributed by atoms with Crippen molar-refractivity contribution in [2.24, 2.45) is 0 Å². The number of aromatic nitrogens is 2. The number of anilines is 1. The molecule has 1 aromatic carbocycles. The minimum absolute atomic E-state index is 0.326. The first-order valence-electron chi connectivity index (χ1n) is 5.82. The first kappa shape index (κ1) is 11.6. The Kier molecular flexibility index (Phi) is 3.38. The quantitative estimate of drug-likeness (QED) is 0.877. The van der Waals surface area contributed by atoms with Crippen molar-refractivity contribution in [1.82, 2.24) is 9.97 Å². The van der Waals surface area contributed by atoms with Gasteiger partial charge in [0.25, 0.3) is 0 Å². The Morgan fingerprint density at radius 3 is 2.53 bits per heavy atom. The highest BCUT2D eigenvalue weighted by Crippen LogP contribution is 2.18. The topological polar surface area (TPSA) is 51.8 Å². The van der Waals surface area contributed by atoms with Crippen molar-refractivity contribution in [3.8, 4) is 0 Å². The summed E-state index contributed by atoms with van der Waals surface area (Å²) < 4.78 is 0. The van der Waals surface area contributed by atoms with Gasteiger partial charge in [0.1, 0.15) is 5.82 Å². The van der Waals surface area contributed by atoms with Crippen LogP contribution in [0.4, 0.5) is 5.69 Å². The first-order valence-corrected chi connectivity index (χ1v) is 5.82. The minimum Gasteiger partial charge on any atom is -0.396 e. The van der Waals surface area contributed by atoms with Crippen LogP contribution in [0.1, 0.15) is 36.8 Å². The van der Waals surface area contributed by atoms with Gasteiger partial charge in [0, 0.05) is 6.42 Å². The molecule has 0 atom stereocenters. The van der Waals surface area contributed by atoms with E-state index in [0.29, 0.717) is 11.6 Å². The maximum atomic E-state index is 5.86. The van der Waals surface area contributed by atoms with Crippen molar-refractivity contribution < 1.29 is 0 Å². The smallest absolute Gasteiger partial charge is 0.133 e. The average molecular weight is 227 g/mol. The van der Waals surface area contributed by atoms with Crippen LogP contribution in [0, 0.1) is 0 Å². The Hall–Kier alpha value is -1.90. The Morgan fingerprint density at radius 1 is 1.18 bits per heavy atom. The summed E-state index contributed by atoms with van der Waals surface area (Å²) in [5, 5.41) is 0. The molecule has 0 bridgehead atoms. The van der Waals surface area contributed by atoms with E-state index in [4.69, 9.17) is 5.73 Å². The van der Waals surface area contributed by atoms with E-state index >= 15 is 0 Å². The van der Waals surface area contributed by atoms with E-state index in [9.17, 15) is 0 Å². The van der Waals surface area contributed by atoms with Crippen LogP contribution in [-0.4, -0.2) is 9.97 Å². The summed E-state index contributed by atoms with van der Waals surface area (Å²) in [6.07, 6.45) is 2.46. The van der Waals surface area contributed by atoms with Gasteiger partial charge in [-0.3, -0.25) is 0 Å². The summed E-state index contributed by atoms with van der Waals surface area (Å²) in [4.78, 5) is 8.81. The number of hydrogen-bond acceptors (Lipinski definition) is 3. The van der Waals surface area contributed by atoms with E-state index in [-0.39, 0.29) is 0 Å². The normalized spacial score (nSPS) is 10.8. The van der Waals surface area contributed by atoms with Crippen LogP contribution in [-0.2, 0) is 6.42 Å². The standard InChI is InChI=1S/C14H17N3/c1-10(2)14-12(15)9-16-13(17-14)8-11-6-4-3-5-7-11/h3-7,9-10H,8,15H2,1-2H3. The van der Waals surface area contributed by atoms with Crippen molar-refractivity contribution in [3.63, 3.8) is 0 Å². The van der Waals surface area contributed by atoms with Gasteiger partial charge < -0.3 is 5.73 Å². The first-order chi connectivity index (χ1) is 8.16. The molecule has 0 aliphatic rings. The number of rotatable bonds is 3. The van der Waals surface area contributed by atoms with Gasteiger partial charge in [0.15, 0.2) is 0 Å². The molecule has 17 heavy (non-hydrogen) atoms. The molecule has 0 aliphatic carbocycles. The highest BCUT2D eigenvalue weighted by molar-refractivity contribution is 5.42. The van der Waals surface area contributed by atoms with Gasteiger partial charge in [-0.1, -0.05) is 44.2 Å². The molecule has 2 N–H and O–H groups in total. The summed E-state index contributed by atoms with van der Waals surface area (Å²) in [6.45, 7) is 4.18. The second kappa shape index (κ2) is 4.95. The van der Waals surface area contributed by atoms with Crippen LogP contribution in [0.25, 0.3) is 0 Å². The molecule has 1 heterocycles. The van der Waals surface area contributed by atoms with Crippen LogP contribution in [0.15, 0.2) is 36.5 Å². The molecule has 0 spiro atoms. The summed E-state index contributed by atoms with van der Waals surface area (Å²) in [5.41, 5.74) is 8.69. The summed E-state index contributed by atoms with van der Waals surface area (Å²) in [7, 11) is 0. The zero-order valence-electron chi connectivity index (χ0n) is 10.2. The lowest BCUT2D eigenvalue weighted by atomic mass is 10.1. The zero-order valence-corrected chi connectivity index (χ0v) is 10.2. The summed E-state index contributed by atoms with van der Waals surface area (Å²) in [5.74, 6) is 1.15. The Bertz CT molecular complexity index is 492. The molecular weight excluding hydrogens is 210 g/mol. The van der Waals surface area contributed by atoms with E-state index in [1.165, 1.54) is 5.56 Å². The summed E-state index contributed by atoms with van der Waals surface area (Å²) in [6, 6.07) is 10.2. The fourth-order valence-electron chi connectivity index (χ4n) is 1.77. The second-order valence-corrected chi connectivity index (χ2v) is 4.44. The molecule has 3 heteroatoms. The van der Waals surface area contributed by atoms with Crippen molar-refractivity contribution >= 4 is 5.69 Å². The maximum Gasteiger partial charge on any atom is 0.133 e. The monoisotopic (exact) mass is 227 g/mol. The largest absolute Gasteiger partial charge is 0.396 e. The molecule has 0 radical (unpaired) electrons. The molecule has 0 saturated carbocycles. The van der Waals surface area contributed by atoms with Crippen molar-refractivity contribution in [2.45, 2.75) is 26.2 Å². The van der Waals surface area contributed by atoms with E-state index < -0.39 is 0 Å². The number of hydrogen-bond donors (Lipinski definition) is 1. The van der Waals surface area contributed by atoms with E-state index in [1.807, 2.05) is 18.2 Å². The molecule has 0 fully saturated rings. The Balaban J connectivity index is 2.26. The molecule has 0 unspecified atom stereocenters. The number of nitrogen functional groups attached to an aromatic ring is 1. The van der Waals surface area contributed by atoms with Crippen molar-refractivity contribution in [2.75, 3.05) is 5.73 Å². The van der Waals surface area contributed by atoms with Gasteiger partial charge in [-0.15, -0.1) is 0 Å². The lowest BCUT2D eigenvalue weighted by Gasteiger charge is -2.09. The van der Waals surface area contributed by atoms with Crippen LogP contribution in [0.2, 0.25) is 0 Å². The highest BCUT2D eigenvalue weighted by Gasteiger charge is 2.08. The van der Waals surface area contributed by atoms with Gasteiger partial charge in [-0.05, 0) is 11.5 Å². The number of nitrogens with zero attached hydrogens (tertiary/aromatic N) is 2. The van der Waals surface area contributed by atoms with E-state index in [2.05, 4.69) is 35.9 Å². The molecule has 0 saturated heterocycles. The predicted octanol–water partition coefficient (Wildman–Crippen LogP) is 2.77. The third-order valence-corrected chi connectivity index (χ3v) is 2.65.